The number of sulfonamides is 1. The minimum Gasteiger partial charge on any atom is -0.315 e. The van der Waals surface area contributed by atoms with Gasteiger partial charge in [0.1, 0.15) is 0 Å². The van der Waals surface area contributed by atoms with E-state index in [9.17, 15) is 8.42 Å². The van der Waals surface area contributed by atoms with Crippen LogP contribution >= 0.6 is 0 Å². The van der Waals surface area contributed by atoms with Gasteiger partial charge in [0.15, 0.2) is 0 Å². The van der Waals surface area contributed by atoms with Crippen LogP contribution in [0.1, 0.15) is 12.0 Å². The highest BCUT2D eigenvalue weighted by Gasteiger charge is 2.31. The highest BCUT2D eigenvalue weighted by molar-refractivity contribution is 7.89. The molecule has 116 valence electrons. The maximum atomic E-state index is 12.7. The zero-order valence-electron chi connectivity index (χ0n) is 12.5. The molecule has 2 fully saturated rings. The van der Waals surface area contributed by atoms with E-state index in [0.717, 1.165) is 31.7 Å². The molecule has 1 aromatic carbocycles. The summed E-state index contributed by atoms with van der Waals surface area (Å²) in [6, 6.07) is 7.75. The predicted molar refractivity (Wildman–Crippen MR) is 82.8 cm³/mol. The Kier molecular flexibility index (Phi) is 4.31. The highest BCUT2D eigenvalue weighted by atomic mass is 32.2. The van der Waals surface area contributed by atoms with E-state index in [1.807, 2.05) is 19.1 Å². The molecule has 6 heteroatoms. The number of hydrogen-bond acceptors (Lipinski definition) is 4. The molecule has 3 rings (SSSR count). The minimum absolute atomic E-state index is 0.415. The Morgan fingerprint density at radius 3 is 2.57 bits per heavy atom. The third kappa shape index (κ3) is 3.13. The van der Waals surface area contributed by atoms with Gasteiger partial charge in [0.05, 0.1) is 4.90 Å². The first-order valence-electron chi connectivity index (χ1n) is 7.59. The van der Waals surface area contributed by atoms with Crippen molar-refractivity contribution in [1.29, 1.82) is 0 Å². The molecule has 0 spiro atoms. The molecule has 1 atom stereocenters. The van der Waals surface area contributed by atoms with E-state index in [2.05, 4.69) is 10.2 Å². The summed E-state index contributed by atoms with van der Waals surface area (Å²) in [5.41, 5.74) is 0.978. The molecule has 0 amide bonds. The van der Waals surface area contributed by atoms with E-state index < -0.39 is 10.0 Å². The van der Waals surface area contributed by atoms with Crippen molar-refractivity contribution in [3.63, 3.8) is 0 Å². The number of nitrogens with one attached hydrogen (secondary N) is 1. The van der Waals surface area contributed by atoms with Gasteiger partial charge < -0.3 is 5.32 Å². The van der Waals surface area contributed by atoms with Crippen LogP contribution < -0.4 is 5.32 Å². The lowest BCUT2D eigenvalue weighted by molar-refractivity contribution is 0.145. The van der Waals surface area contributed by atoms with Crippen LogP contribution in [0, 0.1) is 6.92 Å². The molecule has 0 aromatic heterocycles. The summed E-state index contributed by atoms with van der Waals surface area (Å²) < 4.78 is 27.0. The second-order valence-electron chi connectivity index (χ2n) is 5.90. The van der Waals surface area contributed by atoms with Gasteiger partial charge in [-0.2, -0.15) is 4.31 Å². The fourth-order valence-corrected chi connectivity index (χ4v) is 4.71. The number of piperazine rings is 1. The van der Waals surface area contributed by atoms with E-state index in [4.69, 9.17) is 0 Å². The van der Waals surface area contributed by atoms with Crippen LogP contribution in [0.25, 0.3) is 0 Å². The standard InChI is InChI=1S/C15H23N3O2S/c1-13-3-2-4-15(11-13)21(19,20)18-9-7-17(8-10-18)14-5-6-16-12-14/h2-4,11,14,16H,5-10,12H2,1H3. The number of hydrogen-bond donors (Lipinski definition) is 1. The van der Waals surface area contributed by atoms with Gasteiger partial charge >= 0.3 is 0 Å². The summed E-state index contributed by atoms with van der Waals surface area (Å²) in [6.07, 6.45) is 1.17. The monoisotopic (exact) mass is 309 g/mol. The molecular formula is C15H23N3O2S. The average Bonchev–Trinajstić information content (AvgIpc) is 3.02. The molecule has 1 unspecified atom stereocenters. The maximum Gasteiger partial charge on any atom is 0.243 e. The molecule has 5 nitrogen and oxygen atoms in total. The van der Waals surface area contributed by atoms with Gasteiger partial charge in [-0.1, -0.05) is 12.1 Å². The highest BCUT2D eigenvalue weighted by Crippen LogP contribution is 2.20. The van der Waals surface area contributed by atoms with E-state index in [1.54, 1.807) is 16.4 Å². The Hall–Kier alpha value is -0.950. The second kappa shape index (κ2) is 6.04. The van der Waals surface area contributed by atoms with Crippen molar-refractivity contribution in [1.82, 2.24) is 14.5 Å². The Labute approximate surface area is 127 Å². The number of nitrogens with zero attached hydrogens (tertiary/aromatic N) is 2. The fraction of sp³-hybridized carbons (Fsp3) is 0.600. The molecule has 2 saturated heterocycles. The van der Waals surface area contributed by atoms with E-state index in [0.29, 0.717) is 24.0 Å². The molecule has 2 aliphatic rings. The van der Waals surface area contributed by atoms with Crippen LogP contribution in [-0.2, 0) is 10.0 Å². The fourth-order valence-electron chi connectivity index (χ4n) is 3.19. The van der Waals surface area contributed by atoms with Gasteiger partial charge in [-0.25, -0.2) is 8.42 Å². The summed E-state index contributed by atoms with van der Waals surface area (Å²) in [5.74, 6) is 0. The molecule has 0 aliphatic carbocycles. The van der Waals surface area contributed by atoms with Crippen molar-refractivity contribution < 1.29 is 8.42 Å². The van der Waals surface area contributed by atoms with E-state index >= 15 is 0 Å². The summed E-state index contributed by atoms with van der Waals surface area (Å²) in [7, 11) is -3.34. The van der Waals surface area contributed by atoms with Crippen molar-refractivity contribution in [2.45, 2.75) is 24.3 Å². The lowest BCUT2D eigenvalue weighted by Gasteiger charge is -2.37. The summed E-state index contributed by atoms with van der Waals surface area (Å²) >= 11 is 0. The third-order valence-corrected chi connectivity index (χ3v) is 6.35. The Bertz CT molecular complexity index is 589. The lowest BCUT2D eigenvalue weighted by atomic mass is 10.2. The first kappa shape index (κ1) is 15.0. The number of rotatable bonds is 3. The Morgan fingerprint density at radius 2 is 1.95 bits per heavy atom. The van der Waals surface area contributed by atoms with Crippen molar-refractivity contribution >= 4 is 10.0 Å². The quantitative estimate of drug-likeness (QED) is 0.891. The molecule has 2 aliphatic heterocycles. The molecule has 21 heavy (non-hydrogen) atoms. The van der Waals surface area contributed by atoms with Crippen LogP contribution in [0.3, 0.4) is 0 Å². The molecule has 1 aromatic rings. The Morgan fingerprint density at radius 1 is 1.19 bits per heavy atom. The first-order chi connectivity index (χ1) is 10.1. The smallest absolute Gasteiger partial charge is 0.243 e. The van der Waals surface area contributed by atoms with Crippen LogP contribution in [0.15, 0.2) is 29.2 Å². The van der Waals surface area contributed by atoms with Crippen molar-refractivity contribution in [3.05, 3.63) is 29.8 Å². The minimum atomic E-state index is -3.34. The summed E-state index contributed by atoms with van der Waals surface area (Å²) in [4.78, 5) is 2.83. The second-order valence-corrected chi connectivity index (χ2v) is 7.84. The molecule has 1 N–H and O–H groups in total. The zero-order valence-corrected chi connectivity index (χ0v) is 13.3. The Balaban J connectivity index is 1.68. The van der Waals surface area contributed by atoms with Gasteiger partial charge in [0.25, 0.3) is 0 Å². The first-order valence-corrected chi connectivity index (χ1v) is 9.03. The third-order valence-electron chi connectivity index (χ3n) is 4.45. The van der Waals surface area contributed by atoms with E-state index in [1.165, 1.54) is 6.42 Å². The molecule has 2 heterocycles. The van der Waals surface area contributed by atoms with Crippen molar-refractivity contribution in [3.8, 4) is 0 Å². The zero-order chi connectivity index (χ0) is 14.9. The SMILES string of the molecule is Cc1cccc(S(=O)(=O)N2CCN(C3CCNC3)CC2)c1. The van der Waals surface area contributed by atoms with Crippen LogP contribution in [0.2, 0.25) is 0 Å². The van der Waals surface area contributed by atoms with Crippen LogP contribution in [0.5, 0.6) is 0 Å². The average molecular weight is 309 g/mol. The van der Waals surface area contributed by atoms with Crippen LogP contribution in [-0.4, -0.2) is 62.9 Å². The number of benzene rings is 1. The van der Waals surface area contributed by atoms with Gasteiger partial charge in [-0.05, 0) is 37.6 Å². The van der Waals surface area contributed by atoms with Gasteiger partial charge in [0.2, 0.25) is 10.0 Å². The largest absolute Gasteiger partial charge is 0.315 e. The normalized spacial score (nSPS) is 25.3. The van der Waals surface area contributed by atoms with Gasteiger partial charge in [-0.15, -0.1) is 0 Å². The van der Waals surface area contributed by atoms with Crippen molar-refractivity contribution in [2.75, 3.05) is 39.3 Å². The van der Waals surface area contributed by atoms with Crippen molar-refractivity contribution in [2.24, 2.45) is 0 Å². The summed E-state index contributed by atoms with van der Waals surface area (Å²) in [5, 5.41) is 3.37. The number of aryl methyl sites for hydroxylation is 1. The van der Waals surface area contributed by atoms with Crippen LogP contribution in [0.4, 0.5) is 0 Å². The lowest BCUT2D eigenvalue weighted by Crippen LogP contribution is -2.52. The molecular weight excluding hydrogens is 286 g/mol. The van der Waals surface area contributed by atoms with E-state index in [-0.39, 0.29) is 0 Å². The molecule has 0 bridgehead atoms. The molecule has 0 saturated carbocycles. The molecule has 0 radical (unpaired) electrons. The van der Waals surface area contributed by atoms with Gasteiger partial charge in [0, 0.05) is 38.8 Å². The maximum absolute atomic E-state index is 12.7. The summed E-state index contributed by atoms with van der Waals surface area (Å²) in [6.45, 7) is 6.87. The topological polar surface area (TPSA) is 52.7 Å². The van der Waals surface area contributed by atoms with Gasteiger partial charge in [-0.3, -0.25) is 4.90 Å². The predicted octanol–water partition coefficient (Wildman–Crippen LogP) is 0.663.